The number of carbonyl (C=O) groups excluding carboxylic acids is 2. The van der Waals surface area contributed by atoms with Crippen LogP contribution >= 0.6 is 23.5 Å². The highest BCUT2D eigenvalue weighted by Gasteiger charge is 2.43. The van der Waals surface area contributed by atoms with Crippen LogP contribution in [0.15, 0.2) is 64.6 Å². The third-order valence-electron chi connectivity index (χ3n) is 8.28. The number of aromatic nitrogens is 4. The van der Waals surface area contributed by atoms with E-state index in [1.807, 2.05) is 30.3 Å². The van der Waals surface area contributed by atoms with E-state index in [2.05, 4.69) is 28.1 Å². The summed E-state index contributed by atoms with van der Waals surface area (Å²) in [6.45, 7) is 0.149. The van der Waals surface area contributed by atoms with Crippen molar-refractivity contribution in [2.24, 2.45) is 0 Å². The summed E-state index contributed by atoms with van der Waals surface area (Å²) in [7, 11) is -16.9. The third kappa shape index (κ3) is 12.2. The zero-order valence-corrected chi connectivity index (χ0v) is 31.4. The Kier molecular flexibility index (Phi) is 13.7. The minimum absolute atomic E-state index is 0.0362. The number of aromatic amines is 1. The van der Waals surface area contributed by atoms with Crippen molar-refractivity contribution < 1.29 is 65.8 Å². The fourth-order valence-corrected chi connectivity index (χ4v) is 8.70. The molecule has 2 aliphatic heterocycles. The van der Waals surface area contributed by atoms with Gasteiger partial charge in [0.15, 0.2) is 0 Å². The van der Waals surface area contributed by atoms with Crippen molar-refractivity contribution >= 4 is 41.4 Å². The van der Waals surface area contributed by atoms with Crippen molar-refractivity contribution in [1.29, 1.82) is 0 Å². The molecule has 6 N–H and O–H groups in total. The molecule has 0 aromatic carbocycles. The molecule has 5 rings (SSSR count). The zero-order chi connectivity index (χ0) is 40.0. The van der Waals surface area contributed by atoms with Gasteiger partial charge in [-0.15, -0.1) is 0 Å². The van der Waals surface area contributed by atoms with Gasteiger partial charge in [-0.25, -0.2) is 18.5 Å². The first kappa shape index (κ1) is 42.1. The number of piperazine rings is 1. The van der Waals surface area contributed by atoms with Crippen molar-refractivity contribution in [2.45, 2.75) is 44.1 Å². The predicted molar refractivity (Wildman–Crippen MR) is 188 cm³/mol. The number of phosphoric acid groups is 3. The summed E-state index contributed by atoms with van der Waals surface area (Å²) < 4.78 is 52.5. The van der Waals surface area contributed by atoms with Gasteiger partial charge in [0.1, 0.15) is 12.3 Å². The Hall–Kier alpha value is -4.01. The number of nitrogens with zero attached hydrogens (tertiary/aromatic N) is 5. The smallest absolute Gasteiger partial charge is 0.390 e. The number of rotatable bonds is 15. The van der Waals surface area contributed by atoms with Gasteiger partial charge in [0, 0.05) is 63.7 Å². The number of H-pyrrole nitrogens is 1. The average Bonchev–Trinajstić information content (AvgIpc) is 3.49. The zero-order valence-electron chi connectivity index (χ0n) is 28.7. The quantitative estimate of drug-likeness (QED) is 0.0907. The van der Waals surface area contributed by atoms with E-state index in [4.69, 9.17) is 14.5 Å². The third-order valence-corrected chi connectivity index (χ3v) is 12.1. The molecule has 5 heterocycles. The van der Waals surface area contributed by atoms with Gasteiger partial charge in [0.05, 0.1) is 29.7 Å². The van der Waals surface area contributed by atoms with Crippen LogP contribution in [-0.4, -0.2) is 111 Å². The standard InChI is InChI=1S/C30H37N6O16P3/c37-24-17-28(50-25(24)19-49-54(45,46)52-55(47,48)51-53(42,43)44)36-18-21(29(40)33-30(36)41)7-8-27(39)35-14-12-34(13-15-35)26(38)6-3-4-20-9-11-32-23(16-20)22-5-1-2-10-31-22/h1-2,5,7-11,16,18,24-25,28,37H,3-4,6,12-15,17,19H2,(H,45,46)(H,47,48)(H,33,40,41)(H2,42,43,44)/b8-7+/t24-,25+,28+/m1/s1. The fourth-order valence-electron chi connectivity index (χ4n) is 5.67. The minimum atomic E-state index is -5.78. The molecule has 3 aromatic heterocycles. The Labute approximate surface area is 311 Å². The lowest BCUT2D eigenvalue weighted by molar-refractivity contribution is -0.137. The van der Waals surface area contributed by atoms with Crippen LogP contribution in [0.4, 0.5) is 0 Å². The normalized spacial score (nSPS) is 21.4. The topological polar surface area (TPSA) is 311 Å². The highest BCUT2D eigenvalue weighted by atomic mass is 31.3. The Balaban J connectivity index is 1.10. The van der Waals surface area contributed by atoms with Crippen molar-refractivity contribution in [2.75, 3.05) is 32.8 Å². The number of hydrogen-bond donors (Lipinski definition) is 6. The largest absolute Gasteiger partial charge is 0.490 e. The van der Waals surface area contributed by atoms with E-state index in [1.165, 1.54) is 11.0 Å². The molecular weight excluding hydrogens is 793 g/mol. The molecule has 2 fully saturated rings. The summed E-state index contributed by atoms with van der Waals surface area (Å²) in [5.41, 5.74) is 0.593. The molecule has 2 unspecified atom stereocenters. The summed E-state index contributed by atoms with van der Waals surface area (Å²) in [6.07, 6.45) is 3.92. The summed E-state index contributed by atoms with van der Waals surface area (Å²) in [5.74, 6) is -0.490. The van der Waals surface area contributed by atoms with Gasteiger partial charge in [0.25, 0.3) is 5.56 Å². The molecular formula is C30H37N6O16P3. The van der Waals surface area contributed by atoms with E-state index in [1.54, 1.807) is 17.3 Å². The van der Waals surface area contributed by atoms with Crippen LogP contribution in [0, 0.1) is 0 Å². The number of hydrogen-bond acceptors (Lipinski definition) is 14. The number of amides is 2. The molecule has 0 radical (unpaired) electrons. The molecule has 0 saturated carbocycles. The maximum absolute atomic E-state index is 13.0. The van der Waals surface area contributed by atoms with E-state index >= 15 is 0 Å². The van der Waals surface area contributed by atoms with E-state index in [-0.39, 0.29) is 31.0 Å². The molecule has 25 heteroatoms. The van der Waals surface area contributed by atoms with Crippen LogP contribution in [-0.2, 0) is 47.6 Å². The molecule has 5 atom stereocenters. The van der Waals surface area contributed by atoms with Crippen molar-refractivity contribution in [3.8, 4) is 11.4 Å². The number of aliphatic hydroxyl groups excluding tert-OH is 1. The molecule has 0 bridgehead atoms. The predicted octanol–water partition coefficient (Wildman–Crippen LogP) is 0.692. The van der Waals surface area contributed by atoms with Gasteiger partial charge >= 0.3 is 29.2 Å². The monoisotopic (exact) mass is 830 g/mol. The Morgan fingerprint density at radius 2 is 1.65 bits per heavy atom. The second-order valence-electron chi connectivity index (χ2n) is 12.2. The summed E-state index contributed by atoms with van der Waals surface area (Å²) >= 11 is 0. The molecule has 2 aliphatic rings. The van der Waals surface area contributed by atoms with Gasteiger partial charge in [-0.2, -0.15) is 8.62 Å². The van der Waals surface area contributed by atoms with E-state index in [9.17, 15) is 47.8 Å². The van der Waals surface area contributed by atoms with Crippen molar-refractivity contribution in [3.63, 3.8) is 0 Å². The number of phosphoric ester groups is 1. The Morgan fingerprint density at radius 1 is 0.945 bits per heavy atom. The number of carbonyl (C=O) groups is 2. The molecule has 22 nitrogen and oxygen atoms in total. The maximum Gasteiger partial charge on any atom is 0.490 e. The van der Waals surface area contributed by atoms with Crippen LogP contribution in [0.3, 0.4) is 0 Å². The van der Waals surface area contributed by atoms with Gasteiger partial charge in [-0.1, -0.05) is 6.07 Å². The Morgan fingerprint density at radius 3 is 2.35 bits per heavy atom. The van der Waals surface area contributed by atoms with Gasteiger partial charge in [0.2, 0.25) is 11.8 Å². The summed E-state index contributed by atoms with van der Waals surface area (Å²) in [4.78, 5) is 101. The van der Waals surface area contributed by atoms with E-state index in [0.717, 1.165) is 33.8 Å². The van der Waals surface area contributed by atoms with Crippen LogP contribution in [0.1, 0.15) is 36.6 Å². The first-order chi connectivity index (χ1) is 25.9. The summed E-state index contributed by atoms with van der Waals surface area (Å²) in [5, 5.41) is 10.4. The minimum Gasteiger partial charge on any atom is -0.390 e. The maximum atomic E-state index is 13.0. The van der Waals surface area contributed by atoms with E-state index < -0.39 is 65.7 Å². The van der Waals surface area contributed by atoms with E-state index in [0.29, 0.717) is 32.4 Å². The number of pyridine rings is 2. The van der Waals surface area contributed by atoms with Crippen molar-refractivity contribution in [3.05, 3.63) is 87.0 Å². The lowest BCUT2D eigenvalue weighted by Crippen LogP contribution is -2.50. The highest BCUT2D eigenvalue weighted by Crippen LogP contribution is 2.66. The van der Waals surface area contributed by atoms with Crippen LogP contribution in [0.2, 0.25) is 0 Å². The fraction of sp³-hybridized carbons (Fsp3) is 0.400. The lowest BCUT2D eigenvalue weighted by atomic mass is 10.1. The SMILES string of the molecule is O=C(/C=C/c1cn([C@@H]2C[C@@H](O)[C@H](COP(=O)(O)OP(=O)(O)OP(=O)(O)O)O2)c(=O)[nH]c1=O)N1CCN(C(=O)CCCc2ccnc(-c3ccccn3)c2)CC1. The van der Waals surface area contributed by atoms with Crippen molar-refractivity contribution in [1.82, 2.24) is 29.3 Å². The molecule has 2 amide bonds. The van der Waals surface area contributed by atoms with Crippen LogP contribution in [0.25, 0.3) is 17.5 Å². The molecule has 298 valence electrons. The highest BCUT2D eigenvalue weighted by molar-refractivity contribution is 7.66. The van der Waals surface area contributed by atoms with Crippen LogP contribution < -0.4 is 11.2 Å². The molecule has 2 saturated heterocycles. The second kappa shape index (κ2) is 17.8. The second-order valence-corrected chi connectivity index (χ2v) is 16.6. The molecule has 55 heavy (non-hydrogen) atoms. The number of aryl methyl sites for hydroxylation is 1. The Bertz CT molecular complexity index is 2150. The average molecular weight is 831 g/mol. The molecule has 0 aliphatic carbocycles. The van der Waals surface area contributed by atoms with Crippen LogP contribution in [0.5, 0.6) is 0 Å². The van der Waals surface area contributed by atoms with Gasteiger partial charge in [-0.05, 0) is 48.7 Å². The molecule has 3 aromatic rings. The number of nitrogens with one attached hydrogen (secondary N) is 1. The number of ether oxygens (including phenoxy) is 1. The van der Waals surface area contributed by atoms with Gasteiger partial charge in [-0.3, -0.25) is 38.4 Å². The molecule has 0 spiro atoms. The first-order valence-electron chi connectivity index (χ1n) is 16.5. The van der Waals surface area contributed by atoms with Gasteiger partial charge < -0.3 is 39.2 Å². The summed E-state index contributed by atoms with van der Waals surface area (Å²) in [6, 6.07) is 9.43. The lowest BCUT2D eigenvalue weighted by Gasteiger charge is -2.34. The first-order valence-corrected chi connectivity index (χ1v) is 21.0. The number of aliphatic hydroxyl groups is 1.